The summed E-state index contributed by atoms with van der Waals surface area (Å²) in [5.74, 6) is -3.12. The van der Waals surface area contributed by atoms with Crippen LogP contribution in [-0.2, 0) is 23.8 Å². The summed E-state index contributed by atoms with van der Waals surface area (Å²) >= 11 is 0. The lowest BCUT2D eigenvalue weighted by atomic mass is 9.95. The molecule has 0 amide bonds. The van der Waals surface area contributed by atoms with Crippen LogP contribution < -0.4 is 10.2 Å². The SMILES string of the molecule is CCC[C@@H]1OC(Oc2c(-c3ccc(O)cc3)oc3cc(O)cc(O)c3c2=O)[C@H](OC(C)=O)[C@H](O)[C@H]1OC(C)=O. The van der Waals surface area contributed by atoms with Crippen LogP contribution in [-0.4, -0.2) is 63.1 Å². The molecule has 0 aliphatic carbocycles. The molecule has 1 aliphatic heterocycles. The summed E-state index contributed by atoms with van der Waals surface area (Å²) in [5, 5.41) is 40.8. The number of carbonyl (C=O) groups is 2. The van der Waals surface area contributed by atoms with Crippen molar-refractivity contribution in [2.24, 2.45) is 0 Å². The highest BCUT2D eigenvalue weighted by Gasteiger charge is 2.50. The highest BCUT2D eigenvalue weighted by atomic mass is 16.7. The predicted octanol–water partition coefficient (Wildman–Crippen LogP) is 2.70. The average Bonchev–Trinajstić information content (AvgIpc) is 2.85. The van der Waals surface area contributed by atoms with Crippen LogP contribution in [0.25, 0.3) is 22.3 Å². The first-order chi connectivity index (χ1) is 18.5. The summed E-state index contributed by atoms with van der Waals surface area (Å²) in [5.41, 5.74) is -0.744. The normalized spacial score (nSPS) is 22.8. The van der Waals surface area contributed by atoms with E-state index in [-0.39, 0.29) is 33.8 Å². The lowest BCUT2D eigenvalue weighted by Gasteiger charge is -2.43. The van der Waals surface area contributed by atoms with Crippen molar-refractivity contribution in [3.63, 3.8) is 0 Å². The quantitative estimate of drug-likeness (QED) is 0.320. The molecule has 1 aliphatic rings. The fourth-order valence-corrected chi connectivity index (χ4v) is 4.46. The van der Waals surface area contributed by atoms with E-state index in [4.69, 9.17) is 23.4 Å². The molecular weight excluding hydrogens is 516 g/mol. The third-order valence-corrected chi connectivity index (χ3v) is 6.08. The van der Waals surface area contributed by atoms with Gasteiger partial charge in [-0.15, -0.1) is 0 Å². The van der Waals surface area contributed by atoms with Crippen molar-refractivity contribution >= 4 is 22.9 Å². The zero-order valence-electron chi connectivity index (χ0n) is 21.3. The smallest absolute Gasteiger partial charge is 0.303 e. The number of hydrogen-bond donors (Lipinski definition) is 4. The number of ether oxygens (including phenoxy) is 4. The molecule has 4 rings (SSSR count). The Hall–Kier alpha value is -4.29. The van der Waals surface area contributed by atoms with Gasteiger partial charge < -0.3 is 43.8 Å². The lowest BCUT2D eigenvalue weighted by Crippen LogP contribution is -2.61. The van der Waals surface area contributed by atoms with Crippen LogP contribution in [0.2, 0.25) is 0 Å². The van der Waals surface area contributed by atoms with Crippen LogP contribution in [0.5, 0.6) is 23.0 Å². The van der Waals surface area contributed by atoms with E-state index in [9.17, 15) is 34.8 Å². The zero-order chi connectivity index (χ0) is 28.4. The van der Waals surface area contributed by atoms with Crippen molar-refractivity contribution in [3.8, 4) is 34.3 Å². The highest BCUT2D eigenvalue weighted by Crippen LogP contribution is 2.38. The standard InChI is InChI=1S/C27H28O12/c1-4-5-18-24(35-12(2)28)22(34)26(36-13(3)29)27(38-18)39-25-21(33)20-17(32)10-16(31)11-19(20)37-23(25)14-6-8-15(30)9-7-14/h6-11,18,22,24,26-27,30-32,34H,4-5H2,1-3H3/t18-,22+,24-,26+,27?/m0/s1. The maximum atomic E-state index is 13.7. The first kappa shape index (κ1) is 27.7. The van der Waals surface area contributed by atoms with Crippen molar-refractivity contribution in [1.29, 1.82) is 0 Å². The van der Waals surface area contributed by atoms with E-state index in [0.717, 1.165) is 26.0 Å². The third-order valence-electron chi connectivity index (χ3n) is 6.08. The first-order valence-corrected chi connectivity index (χ1v) is 12.2. The molecule has 2 heterocycles. The number of benzene rings is 2. The molecule has 1 aromatic heterocycles. The molecule has 4 N–H and O–H groups in total. The molecule has 0 saturated carbocycles. The monoisotopic (exact) mass is 544 g/mol. The summed E-state index contributed by atoms with van der Waals surface area (Å²) in [6, 6.07) is 7.64. The molecule has 1 unspecified atom stereocenters. The first-order valence-electron chi connectivity index (χ1n) is 12.2. The summed E-state index contributed by atoms with van der Waals surface area (Å²) < 4.78 is 28.4. The molecule has 1 fully saturated rings. The number of esters is 2. The minimum absolute atomic E-state index is 0.0628. The van der Waals surface area contributed by atoms with Crippen molar-refractivity contribution in [3.05, 3.63) is 46.6 Å². The van der Waals surface area contributed by atoms with E-state index in [2.05, 4.69) is 0 Å². The van der Waals surface area contributed by atoms with Gasteiger partial charge in [0.2, 0.25) is 17.5 Å². The van der Waals surface area contributed by atoms with E-state index >= 15 is 0 Å². The maximum absolute atomic E-state index is 13.7. The van der Waals surface area contributed by atoms with Gasteiger partial charge in [0.1, 0.15) is 40.4 Å². The molecule has 2 aromatic carbocycles. The molecule has 208 valence electrons. The van der Waals surface area contributed by atoms with Gasteiger partial charge in [0.25, 0.3) is 0 Å². The second-order valence-electron chi connectivity index (χ2n) is 9.06. The molecule has 3 aromatic rings. The molecule has 39 heavy (non-hydrogen) atoms. The van der Waals surface area contributed by atoms with Crippen molar-refractivity contribution < 1.29 is 53.4 Å². The van der Waals surface area contributed by atoms with Gasteiger partial charge in [0.05, 0.1) is 0 Å². The summed E-state index contributed by atoms with van der Waals surface area (Å²) in [6.07, 6.45) is -5.88. The van der Waals surface area contributed by atoms with Gasteiger partial charge in [0, 0.05) is 31.5 Å². The number of aliphatic hydroxyl groups excluding tert-OH is 1. The minimum Gasteiger partial charge on any atom is -0.508 e. The van der Waals surface area contributed by atoms with E-state index in [1.165, 1.54) is 24.3 Å². The number of carbonyl (C=O) groups excluding carboxylic acids is 2. The summed E-state index contributed by atoms with van der Waals surface area (Å²) in [6.45, 7) is 4.10. The van der Waals surface area contributed by atoms with Gasteiger partial charge in [-0.2, -0.15) is 0 Å². The van der Waals surface area contributed by atoms with Crippen molar-refractivity contribution in [1.82, 2.24) is 0 Å². The zero-order valence-corrected chi connectivity index (χ0v) is 21.3. The van der Waals surface area contributed by atoms with E-state index in [1.807, 2.05) is 6.92 Å². The van der Waals surface area contributed by atoms with Crippen LogP contribution in [0.1, 0.15) is 33.6 Å². The molecule has 0 spiro atoms. The van der Waals surface area contributed by atoms with Crippen molar-refractivity contribution in [2.75, 3.05) is 0 Å². The van der Waals surface area contributed by atoms with Gasteiger partial charge in [-0.3, -0.25) is 14.4 Å². The number of aliphatic hydroxyl groups is 1. The van der Waals surface area contributed by atoms with Gasteiger partial charge in [0.15, 0.2) is 18.0 Å². The molecule has 12 nitrogen and oxygen atoms in total. The Bertz CT molecular complexity index is 1430. The fourth-order valence-electron chi connectivity index (χ4n) is 4.46. The lowest BCUT2D eigenvalue weighted by molar-refractivity contribution is -0.281. The van der Waals surface area contributed by atoms with Gasteiger partial charge in [-0.25, -0.2) is 0 Å². The summed E-state index contributed by atoms with van der Waals surface area (Å²) in [4.78, 5) is 37.3. The molecule has 0 radical (unpaired) electrons. The van der Waals surface area contributed by atoms with Crippen LogP contribution in [0.4, 0.5) is 0 Å². The number of aromatic hydroxyl groups is 3. The number of phenols is 3. The predicted molar refractivity (Wildman–Crippen MR) is 134 cm³/mol. The Morgan fingerprint density at radius 2 is 1.59 bits per heavy atom. The number of phenolic OH excluding ortho intramolecular Hbond substituents is 3. The third kappa shape index (κ3) is 5.76. The van der Waals surface area contributed by atoms with E-state index in [0.29, 0.717) is 12.8 Å². The maximum Gasteiger partial charge on any atom is 0.303 e. The Balaban J connectivity index is 1.87. The Morgan fingerprint density at radius 1 is 0.949 bits per heavy atom. The molecular formula is C27H28O12. The van der Waals surface area contributed by atoms with E-state index < -0.39 is 59.6 Å². The number of rotatable bonds is 7. The fraction of sp³-hybridized carbons (Fsp3) is 0.370. The second-order valence-corrected chi connectivity index (χ2v) is 9.06. The number of hydrogen-bond acceptors (Lipinski definition) is 12. The minimum atomic E-state index is -1.58. The molecule has 0 bridgehead atoms. The highest BCUT2D eigenvalue weighted by molar-refractivity contribution is 5.88. The van der Waals surface area contributed by atoms with Crippen molar-refractivity contribution in [2.45, 2.75) is 64.3 Å². The number of fused-ring (bicyclic) bond motifs is 1. The molecule has 5 atom stereocenters. The largest absolute Gasteiger partial charge is 0.508 e. The van der Waals surface area contributed by atoms with Crippen LogP contribution in [0.15, 0.2) is 45.6 Å². The Morgan fingerprint density at radius 3 is 2.21 bits per heavy atom. The Kier molecular flexibility index (Phi) is 7.98. The Labute approximate surface area is 221 Å². The second kappa shape index (κ2) is 11.2. The van der Waals surface area contributed by atoms with Crippen LogP contribution in [0, 0.1) is 0 Å². The van der Waals surface area contributed by atoms with Gasteiger partial charge >= 0.3 is 11.9 Å². The summed E-state index contributed by atoms with van der Waals surface area (Å²) in [7, 11) is 0. The van der Waals surface area contributed by atoms with Crippen LogP contribution in [0.3, 0.4) is 0 Å². The van der Waals surface area contributed by atoms with Gasteiger partial charge in [-0.1, -0.05) is 13.3 Å². The molecule has 12 heteroatoms. The van der Waals surface area contributed by atoms with Gasteiger partial charge in [-0.05, 0) is 30.7 Å². The molecule has 1 saturated heterocycles. The van der Waals surface area contributed by atoms with Crippen LogP contribution >= 0.6 is 0 Å². The average molecular weight is 545 g/mol. The van der Waals surface area contributed by atoms with E-state index in [1.54, 1.807) is 0 Å². The topological polar surface area (TPSA) is 182 Å².